The highest BCUT2D eigenvalue weighted by Crippen LogP contribution is 2.30. The van der Waals surface area contributed by atoms with Crippen molar-refractivity contribution >= 4 is 23.4 Å². The number of thioether (sulfide) groups is 1. The van der Waals surface area contributed by atoms with E-state index in [-0.39, 0.29) is 11.7 Å². The van der Waals surface area contributed by atoms with Gasteiger partial charge in [0, 0.05) is 11.8 Å². The minimum atomic E-state index is -0.163. The van der Waals surface area contributed by atoms with Crippen molar-refractivity contribution in [2.45, 2.75) is 38.8 Å². The number of nitrogens with zero attached hydrogens (tertiary/aromatic N) is 3. The van der Waals surface area contributed by atoms with Gasteiger partial charge in [0.05, 0.1) is 24.7 Å². The van der Waals surface area contributed by atoms with E-state index < -0.39 is 0 Å². The maximum atomic E-state index is 12.6. The Kier molecular flexibility index (Phi) is 7.94. The first-order valence-electron chi connectivity index (χ1n) is 10.3. The van der Waals surface area contributed by atoms with E-state index in [4.69, 9.17) is 9.47 Å². The summed E-state index contributed by atoms with van der Waals surface area (Å²) in [4.78, 5) is 12.6. The molecule has 0 aliphatic rings. The second kappa shape index (κ2) is 10.9. The molecule has 0 saturated carbocycles. The normalized spacial score (nSPS) is 10.9. The molecule has 0 saturated heterocycles. The van der Waals surface area contributed by atoms with Crippen molar-refractivity contribution in [3.05, 3.63) is 54.4 Å². The van der Waals surface area contributed by atoms with Crippen molar-refractivity contribution in [3.63, 3.8) is 0 Å². The first-order valence-corrected chi connectivity index (χ1v) is 11.3. The van der Waals surface area contributed by atoms with Gasteiger partial charge in [-0.05, 0) is 49.6 Å². The molecule has 0 aliphatic carbocycles. The Morgan fingerprint density at radius 3 is 2.52 bits per heavy atom. The molecule has 0 atom stereocenters. The lowest BCUT2D eigenvalue weighted by Crippen LogP contribution is -2.15. The lowest BCUT2D eigenvalue weighted by atomic mass is 10.0. The van der Waals surface area contributed by atoms with Gasteiger partial charge in [0.2, 0.25) is 5.91 Å². The summed E-state index contributed by atoms with van der Waals surface area (Å²) >= 11 is 1.33. The Balaban J connectivity index is 1.67. The fraction of sp³-hybridized carbons (Fsp3) is 0.348. The Bertz CT molecular complexity index is 1000. The quantitative estimate of drug-likeness (QED) is 0.451. The molecule has 1 aromatic heterocycles. The largest absolute Gasteiger partial charge is 0.494 e. The molecule has 2 aromatic carbocycles. The summed E-state index contributed by atoms with van der Waals surface area (Å²) in [5, 5.41) is 11.7. The molecule has 1 N–H and O–H groups in total. The van der Waals surface area contributed by atoms with Gasteiger partial charge in [0.1, 0.15) is 17.8 Å². The molecule has 0 aliphatic heterocycles. The molecule has 0 unspecified atom stereocenters. The number of carbonyl (C=O) groups excluding carboxylic acids is 1. The van der Waals surface area contributed by atoms with E-state index in [9.17, 15) is 4.79 Å². The molecule has 8 heteroatoms. The van der Waals surface area contributed by atoms with Gasteiger partial charge in [0.25, 0.3) is 0 Å². The van der Waals surface area contributed by atoms with Crippen molar-refractivity contribution in [2.24, 2.45) is 0 Å². The van der Waals surface area contributed by atoms with Gasteiger partial charge >= 0.3 is 0 Å². The highest BCUT2D eigenvalue weighted by molar-refractivity contribution is 7.99. The van der Waals surface area contributed by atoms with E-state index in [1.165, 1.54) is 17.3 Å². The highest BCUT2D eigenvalue weighted by atomic mass is 32.2. The summed E-state index contributed by atoms with van der Waals surface area (Å²) in [6.07, 6.45) is 1.66. The van der Waals surface area contributed by atoms with Crippen molar-refractivity contribution in [1.29, 1.82) is 0 Å². The summed E-state index contributed by atoms with van der Waals surface area (Å²) in [7, 11) is 0. The third kappa shape index (κ3) is 6.01. The van der Waals surface area contributed by atoms with E-state index in [2.05, 4.69) is 41.5 Å². The minimum absolute atomic E-state index is 0.163. The van der Waals surface area contributed by atoms with Crippen LogP contribution in [0.25, 0.3) is 5.69 Å². The number of amides is 1. The van der Waals surface area contributed by atoms with Crippen LogP contribution in [0.1, 0.15) is 39.2 Å². The number of rotatable bonds is 10. The SMILES string of the molecule is CCOc1ccc(OCC)c(NC(=O)CSc2nncn2-c2ccc(C(C)C)cc2)c1. The number of hydrogen-bond donors (Lipinski definition) is 1. The van der Waals surface area contributed by atoms with Crippen molar-refractivity contribution < 1.29 is 14.3 Å². The number of benzene rings is 2. The standard InChI is InChI=1S/C23H28N4O3S/c1-5-29-19-11-12-21(30-6-2)20(13-19)25-22(28)14-31-23-26-24-15-27(23)18-9-7-17(8-10-18)16(3)4/h7-13,15-16H,5-6,14H2,1-4H3,(H,25,28). The monoisotopic (exact) mass is 440 g/mol. The predicted octanol–water partition coefficient (Wildman–Crippen LogP) is 4.92. The van der Waals surface area contributed by atoms with E-state index >= 15 is 0 Å². The lowest BCUT2D eigenvalue weighted by molar-refractivity contribution is -0.113. The Morgan fingerprint density at radius 2 is 1.84 bits per heavy atom. The van der Waals surface area contributed by atoms with Crippen molar-refractivity contribution in [3.8, 4) is 17.2 Å². The molecule has 31 heavy (non-hydrogen) atoms. The van der Waals surface area contributed by atoms with Crippen LogP contribution in [0.2, 0.25) is 0 Å². The fourth-order valence-corrected chi connectivity index (χ4v) is 3.71. The maximum Gasteiger partial charge on any atom is 0.234 e. The van der Waals surface area contributed by atoms with Crippen LogP contribution >= 0.6 is 11.8 Å². The van der Waals surface area contributed by atoms with Gasteiger partial charge in [-0.15, -0.1) is 10.2 Å². The molecule has 3 aromatic rings. The highest BCUT2D eigenvalue weighted by Gasteiger charge is 2.13. The van der Waals surface area contributed by atoms with Gasteiger partial charge in [-0.25, -0.2) is 0 Å². The molecule has 1 heterocycles. The average molecular weight is 441 g/mol. The van der Waals surface area contributed by atoms with Gasteiger partial charge in [-0.1, -0.05) is 37.7 Å². The molecule has 0 fully saturated rings. The van der Waals surface area contributed by atoms with Crippen LogP contribution < -0.4 is 14.8 Å². The maximum absolute atomic E-state index is 12.6. The van der Waals surface area contributed by atoms with Crippen LogP contribution in [0.5, 0.6) is 11.5 Å². The predicted molar refractivity (Wildman–Crippen MR) is 124 cm³/mol. The first-order chi connectivity index (χ1) is 15.0. The third-order valence-electron chi connectivity index (χ3n) is 4.52. The second-order valence-corrected chi connectivity index (χ2v) is 8.03. The van der Waals surface area contributed by atoms with E-state index in [0.717, 1.165) is 5.69 Å². The molecule has 7 nitrogen and oxygen atoms in total. The summed E-state index contributed by atoms with van der Waals surface area (Å²) in [6.45, 7) is 9.19. The van der Waals surface area contributed by atoms with Crippen LogP contribution in [-0.4, -0.2) is 39.6 Å². The molecule has 0 radical (unpaired) electrons. The van der Waals surface area contributed by atoms with Gasteiger partial charge in [0.15, 0.2) is 5.16 Å². The molecular weight excluding hydrogens is 412 g/mol. The Morgan fingerprint density at radius 1 is 1.10 bits per heavy atom. The summed E-state index contributed by atoms with van der Waals surface area (Å²) in [5.74, 6) is 1.78. The fourth-order valence-electron chi connectivity index (χ4n) is 2.98. The molecular formula is C23H28N4O3S. The van der Waals surface area contributed by atoms with Gasteiger partial charge in [-0.2, -0.15) is 0 Å². The van der Waals surface area contributed by atoms with Gasteiger partial charge in [-0.3, -0.25) is 9.36 Å². The molecule has 0 bridgehead atoms. The number of aromatic nitrogens is 3. The van der Waals surface area contributed by atoms with Crippen molar-refractivity contribution in [1.82, 2.24) is 14.8 Å². The zero-order valence-corrected chi connectivity index (χ0v) is 19.1. The number of nitrogens with one attached hydrogen (secondary N) is 1. The Hall–Kier alpha value is -3.00. The zero-order valence-electron chi connectivity index (χ0n) is 18.3. The molecule has 0 spiro atoms. The second-order valence-electron chi connectivity index (χ2n) is 7.09. The summed E-state index contributed by atoms with van der Waals surface area (Å²) in [5.41, 5.74) is 2.81. The smallest absolute Gasteiger partial charge is 0.234 e. The first kappa shape index (κ1) is 22.7. The Labute approximate surface area is 187 Å². The number of anilines is 1. The number of carbonyl (C=O) groups is 1. The van der Waals surface area contributed by atoms with Crippen molar-refractivity contribution in [2.75, 3.05) is 24.3 Å². The van der Waals surface area contributed by atoms with Crippen LogP contribution in [-0.2, 0) is 4.79 Å². The minimum Gasteiger partial charge on any atom is -0.494 e. The number of ether oxygens (including phenoxy) is 2. The molecule has 164 valence electrons. The average Bonchev–Trinajstić information content (AvgIpc) is 3.23. The number of hydrogen-bond acceptors (Lipinski definition) is 6. The topological polar surface area (TPSA) is 78.3 Å². The summed E-state index contributed by atoms with van der Waals surface area (Å²) < 4.78 is 13.0. The van der Waals surface area contributed by atoms with Crippen LogP contribution in [0.3, 0.4) is 0 Å². The van der Waals surface area contributed by atoms with E-state index in [1.807, 2.05) is 36.6 Å². The van der Waals surface area contributed by atoms with E-state index in [0.29, 0.717) is 41.5 Å². The van der Waals surface area contributed by atoms with Crippen LogP contribution in [0.4, 0.5) is 5.69 Å². The zero-order chi connectivity index (χ0) is 22.2. The summed E-state index contributed by atoms with van der Waals surface area (Å²) in [6, 6.07) is 13.7. The van der Waals surface area contributed by atoms with E-state index in [1.54, 1.807) is 18.5 Å². The van der Waals surface area contributed by atoms with Crippen LogP contribution in [0, 0.1) is 0 Å². The lowest BCUT2D eigenvalue weighted by Gasteiger charge is -2.13. The molecule has 3 rings (SSSR count). The van der Waals surface area contributed by atoms with Crippen LogP contribution in [0.15, 0.2) is 53.9 Å². The third-order valence-corrected chi connectivity index (χ3v) is 5.47. The molecule has 1 amide bonds. The van der Waals surface area contributed by atoms with Gasteiger partial charge < -0.3 is 14.8 Å².